The van der Waals surface area contributed by atoms with Gasteiger partial charge in [-0.3, -0.25) is 10.1 Å². The van der Waals surface area contributed by atoms with E-state index in [-0.39, 0.29) is 11.4 Å². The Morgan fingerprint density at radius 2 is 1.89 bits per heavy atom. The molecule has 0 aromatic heterocycles. The topological polar surface area (TPSA) is 72.6 Å². The standard InChI is InChI=1S/C14H13NO4/c1-10(16)19-12-7-8-13(14(9-12)15(17)18)11-5-3-2-4-6-11/h2-10,16H,1H3. The fraction of sp³-hybridized carbons (Fsp3) is 0.143. The van der Waals surface area contributed by atoms with Gasteiger partial charge in [-0.25, -0.2) is 0 Å². The fourth-order valence-corrected chi connectivity index (χ4v) is 1.79. The molecule has 5 heteroatoms. The third-order valence-electron chi connectivity index (χ3n) is 2.56. The van der Waals surface area contributed by atoms with Gasteiger partial charge in [0.25, 0.3) is 5.69 Å². The van der Waals surface area contributed by atoms with Crippen LogP contribution in [-0.4, -0.2) is 16.3 Å². The maximum Gasteiger partial charge on any atom is 0.280 e. The summed E-state index contributed by atoms with van der Waals surface area (Å²) in [4.78, 5) is 10.7. The van der Waals surface area contributed by atoms with Crippen LogP contribution in [0.15, 0.2) is 48.5 Å². The first kappa shape index (κ1) is 13.0. The zero-order valence-corrected chi connectivity index (χ0v) is 10.3. The minimum atomic E-state index is -1.01. The molecule has 0 aliphatic carbocycles. The highest BCUT2D eigenvalue weighted by atomic mass is 16.6. The van der Waals surface area contributed by atoms with Gasteiger partial charge in [0.1, 0.15) is 5.75 Å². The third kappa shape index (κ3) is 3.08. The molecule has 0 bridgehead atoms. The summed E-state index contributed by atoms with van der Waals surface area (Å²) in [6.45, 7) is 1.44. The van der Waals surface area contributed by atoms with Crippen molar-refractivity contribution in [2.75, 3.05) is 0 Å². The number of nitrogens with zero attached hydrogens (tertiary/aromatic N) is 1. The van der Waals surface area contributed by atoms with Gasteiger partial charge in [-0.15, -0.1) is 0 Å². The molecule has 2 aromatic carbocycles. The van der Waals surface area contributed by atoms with E-state index in [9.17, 15) is 10.1 Å². The zero-order valence-electron chi connectivity index (χ0n) is 10.3. The molecule has 0 fully saturated rings. The fourth-order valence-electron chi connectivity index (χ4n) is 1.79. The van der Waals surface area contributed by atoms with E-state index in [4.69, 9.17) is 9.84 Å². The van der Waals surface area contributed by atoms with Crippen molar-refractivity contribution in [3.8, 4) is 16.9 Å². The molecule has 0 aliphatic heterocycles. The Balaban J connectivity index is 2.47. The average Bonchev–Trinajstić information content (AvgIpc) is 2.39. The van der Waals surface area contributed by atoms with E-state index in [2.05, 4.69) is 0 Å². The van der Waals surface area contributed by atoms with Crippen molar-refractivity contribution in [1.29, 1.82) is 0 Å². The summed E-state index contributed by atoms with van der Waals surface area (Å²) in [7, 11) is 0. The van der Waals surface area contributed by atoms with Crippen LogP contribution in [0.4, 0.5) is 5.69 Å². The highest BCUT2D eigenvalue weighted by Gasteiger charge is 2.17. The minimum Gasteiger partial charge on any atom is -0.465 e. The molecule has 0 heterocycles. The lowest BCUT2D eigenvalue weighted by Crippen LogP contribution is -2.09. The largest absolute Gasteiger partial charge is 0.465 e. The Morgan fingerprint density at radius 1 is 1.21 bits per heavy atom. The van der Waals surface area contributed by atoms with Crippen molar-refractivity contribution in [2.45, 2.75) is 13.2 Å². The molecule has 98 valence electrons. The Hall–Kier alpha value is -2.40. The van der Waals surface area contributed by atoms with Crippen molar-refractivity contribution in [2.24, 2.45) is 0 Å². The molecule has 0 aliphatic rings. The van der Waals surface area contributed by atoms with E-state index in [0.717, 1.165) is 5.56 Å². The van der Waals surface area contributed by atoms with Crippen LogP contribution in [0.2, 0.25) is 0 Å². The molecule has 2 aromatic rings. The van der Waals surface area contributed by atoms with Crippen LogP contribution >= 0.6 is 0 Å². The summed E-state index contributed by atoms with van der Waals surface area (Å²) < 4.78 is 5.05. The lowest BCUT2D eigenvalue weighted by molar-refractivity contribution is -0.384. The smallest absolute Gasteiger partial charge is 0.280 e. The van der Waals surface area contributed by atoms with Gasteiger partial charge in [-0.2, -0.15) is 0 Å². The number of nitro groups is 1. The van der Waals surface area contributed by atoms with Gasteiger partial charge in [0.05, 0.1) is 16.6 Å². The quantitative estimate of drug-likeness (QED) is 0.520. The molecule has 19 heavy (non-hydrogen) atoms. The molecule has 0 saturated carbocycles. The van der Waals surface area contributed by atoms with Gasteiger partial charge < -0.3 is 9.84 Å². The SMILES string of the molecule is CC(O)Oc1ccc(-c2ccccc2)c([N+](=O)[O-])c1. The molecule has 0 amide bonds. The van der Waals surface area contributed by atoms with E-state index in [1.807, 2.05) is 18.2 Å². The van der Waals surface area contributed by atoms with Gasteiger partial charge in [0.2, 0.25) is 0 Å². The van der Waals surface area contributed by atoms with E-state index >= 15 is 0 Å². The van der Waals surface area contributed by atoms with Crippen molar-refractivity contribution >= 4 is 5.69 Å². The lowest BCUT2D eigenvalue weighted by Gasteiger charge is -2.10. The summed E-state index contributed by atoms with van der Waals surface area (Å²) in [5.41, 5.74) is 1.23. The third-order valence-corrected chi connectivity index (χ3v) is 2.56. The number of hydrogen-bond donors (Lipinski definition) is 1. The first-order valence-electron chi connectivity index (χ1n) is 5.76. The highest BCUT2D eigenvalue weighted by molar-refractivity contribution is 5.74. The molecule has 2 rings (SSSR count). The molecular formula is C14H13NO4. The summed E-state index contributed by atoms with van der Waals surface area (Å²) in [5.74, 6) is 0.265. The molecule has 1 unspecified atom stereocenters. The van der Waals surface area contributed by atoms with Crippen molar-refractivity contribution in [3.05, 3.63) is 58.6 Å². The second-order valence-electron chi connectivity index (χ2n) is 4.02. The monoisotopic (exact) mass is 259 g/mol. The number of aliphatic hydroxyl groups excluding tert-OH is 1. The number of benzene rings is 2. The lowest BCUT2D eigenvalue weighted by atomic mass is 10.0. The van der Waals surface area contributed by atoms with E-state index in [1.165, 1.54) is 13.0 Å². The van der Waals surface area contributed by atoms with Crippen LogP contribution in [-0.2, 0) is 0 Å². The number of aliphatic hydroxyl groups is 1. The van der Waals surface area contributed by atoms with Gasteiger partial charge in [-0.05, 0) is 24.6 Å². The maximum absolute atomic E-state index is 11.1. The summed E-state index contributed by atoms with van der Waals surface area (Å²) >= 11 is 0. The number of hydrogen-bond acceptors (Lipinski definition) is 4. The second-order valence-corrected chi connectivity index (χ2v) is 4.02. The van der Waals surface area contributed by atoms with Gasteiger partial charge in [0.15, 0.2) is 6.29 Å². The molecule has 0 radical (unpaired) electrons. The second kappa shape index (κ2) is 5.49. The Kier molecular flexibility index (Phi) is 3.77. The van der Waals surface area contributed by atoms with Crippen LogP contribution in [0, 0.1) is 10.1 Å². The van der Waals surface area contributed by atoms with Gasteiger partial charge in [-0.1, -0.05) is 30.3 Å². The zero-order chi connectivity index (χ0) is 13.8. The van der Waals surface area contributed by atoms with Crippen LogP contribution in [0.1, 0.15) is 6.92 Å². The van der Waals surface area contributed by atoms with Gasteiger partial charge >= 0.3 is 0 Å². The van der Waals surface area contributed by atoms with E-state index in [0.29, 0.717) is 5.56 Å². The number of rotatable bonds is 4. The van der Waals surface area contributed by atoms with Crippen molar-refractivity contribution < 1.29 is 14.8 Å². The normalized spacial score (nSPS) is 11.9. The highest BCUT2D eigenvalue weighted by Crippen LogP contribution is 2.33. The van der Waals surface area contributed by atoms with Crippen molar-refractivity contribution in [1.82, 2.24) is 0 Å². The van der Waals surface area contributed by atoms with Crippen LogP contribution < -0.4 is 4.74 Å². The molecule has 0 spiro atoms. The first-order chi connectivity index (χ1) is 9.08. The van der Waals surface area contributed by atoms with Crippen molar-refractivity contribution in [3.63, 3.8) is 0 Å². The molecular weight excluding hydrogens is 246 g/mol. The maximum atomic E-state index is 11.1. The predicted octanol–water partition coefficient (Wildman–Crippen LogP) is 2.98. The summed E-state index contributed by atoms with van der Waals surface area (Å²) in [5, 5.41) is 20.3. The minimum absolute atomic E-state index is 0.0515. The molecule has 1 N–H and O–H groups in total. The average molecular weight is 259 g/mol. The first-order valence-corrected chi connectivity index (χ1v) is 5.76. The Bertz CT molecular complexity index is 581. The van der Waals surface area contributed by atoms with E-state index < -0.39 is 11.2 Å². The Labute approximate surface area is 110 Å². The predicted molar refractivity (Wildman–Crippen MR) is 70.8 cm³/mol. The number of ether oxygens (including phenoxy) is 1. The summed E-state index contributed by atoms with van der Waals surface area (Å²) in [6, 6.07) is 13.6. The van der Waals surface area contributed by atoms with Crippen LogP contribution in [0.3, 0.4) is 0 Å². The molecule has 1 atom stereocenters. The molecule has 5 nitrogen and oxygen atoms in total. The Morgan fingerprint density at radius 3 is 2.47 bits per heavy atom. The molecule has 0 saturated heterocycles. The van der Waals surface area contributed by atoms with E-state index in [1.54, 1.807) is 24.3 Å². The number of nitro benzene ring substituents is 1. The summed E-state index contributed by atoms with van der Waals surface area (Å²) in [6.07, 6.45) is -1.01. The van der Waals surface area contributed by atoms with Crippen LogP contribution in [0.5, 0.6) is 5.75 Å². The van der Waals surface area contributed by atoms with Crippen LogP contribution in [0.25, 0.3) is 11.1 Å². The van der Waals surface area contributed by atoms with Gasteiger partial charge in [0, 0.05) is 0 Å².